The Kier molecular flexibility index (Phi) is 6.85. The highest BCUT2D eigenvalue weighted by Gasteiger charge is 2.69. The Morgan fingerprint density at radius 2 is 0.951 bits per heavy atom. The van der Waals surface area contributed by atoms with E-state index >= 15 is 0 Å². The fourth-order valence-electron chi connectivity index (χ4n) is 8.67. The first-order chi connectivity index (χ1) is 20.1. The molecular formula is C38H42N2O. The van der Waals surface area contributed by atoms with Gasteiger partial charge in [0.2, 0.25) is 0 Å². The summed E-state index contributed by atoms with van der Waals surface area (Å²) in [5.74, 6) is 0. The third-order valence-electron chi connectivity index (χ3n) is 10.5. The topological polar surface area (TPSA) is 26.7 Å². The first-order valence-electron chi connectivity index (χ1n) is 15.5. The maximum absolute atomic E-state index is 13.6. The van der Waals surface area contributed by atoms with Crippen LogP contribution in [0.25, 0.3) is 0 Å². The molecule has 41 heavy (non-hydrogen) atoms. The van der Waals surface area contributed by atoms with Gasteiger partial charge in [-0.1, -0.05) is 129 Å². The van der Waals surface area contributed by atoms with Gasteiger partial charge in [-0.2, -0.15) is 0 Å². The van der Waals surface area contributed by atoms with Gasteiger partial charge in [-0.25, -0.2) is 0 Å². The van der Waals surface area contributed by atoms with Crippen LogP contribution >= 0.6 is 0 Å². The summed E-state index contributed by atoms with van der Waals surface area (Å²) in [4.78, 5) is 5.37. The van der Waals surface area contributed by atoms with Gasteiger partial charge in [0.1, 0.15) is 0 Å². The zero-order valence-electron chi connectivity index (χ0n) is 24.3. The molecule has 4 aliphatic heterocycles. The molecule has 0 spiro atoms. The van der Waals surface area contributed by atoms with E-state index in [0.29, 0.717) is 0 Å². The van der Waals surface area contributed by atoms with Gasteiger partial charge in [-0.05, 0) is 46.2 Å². The van der Waals surface area contributed by atoms with Crippen molar-refractivity contribution in [2.45, 2.75) is 62.1 Å². The summed E-state index contributed by atoms with van der Waals surface area (Å²) in [6, 6.07) is 40.1. The Morgan fingerprint density at radius 1 is 0.561 bits per heavy atom. The van der Waals surface area contributed by atoms with Crippen LogP contribution in [0, 0.1) is 0 Å². The fourth-order valence-corrected chi connectivity index (χ4v) is 8.67. The Balaban J connectivity index is 1.51. The number of piperidine rings is 2. The lowest BCUT2D eigenvalue weighted by atomic mass is 9.47. The quantitative estimate of drug-likeness (QED) is 0.303. The molecule has 4 heterocycles. The van der Waals surface area contributed by atoms with Crippen LogP contribution in [0.3, 0.4) is 0 Å². The van der Waals surface area contributed by atoms with Crippen molar-refractivity contribution < 1.29 is 5.11 Å². The Morgan fingerprint density at radius 3 is 1.37 bits per heavy atom. The van der Waals surface area contributed by atoms with Gasteiger partial charge in [-0.3, -0.25) is 9.80 Å². The molecule has 8 rings (SSSR count). The number of hydrogen-bond acceptors (Lipinski definition) is 3. The van der Waals surface area contributed by atoms with Gasteiger partial charge >= 0.3 is 0 Å². The monoisotopic (exact) mass is 542 g/mol. The Labute approximate surface area is 245 Å². The van der Waals surface area contributed by atoms with Gasteiger partial charge in [-0.15, -0.1) is 0 Å². The largest absolute Gasteiger partial charge is 0.388 e. The molecule has 0 amide bonds. The predicted octanol–water partition coefficient (Wildman–Crippen LogP) is 6.72. The summed E-state index contributed by atoms with van der Waals surface area (Å²) >= 11 is 0. The second kappa shape index (κ2) is 10.5. The van der Waals surface area contributed by atoms with Crippen LogP contribution in [0.5, 0.6) is 0 Å². The van der Waals surface area contributed by atoms with E-state index in [2.05, 4.69) is 126 Å². The number of aliphatic hydroxyl groups is 1. The van der Waals surface area contributed by atoms with E-state index in [1.807, 2.05) is 0 Å². The smallest absolute Gasteiger partial charge is 0.0889 e. The lowest BCUT2D eigenvalue weighted by Crippen LogP contribution is -2.81. The lowest BCUT2D eigenvalue weighted by molar-refractivity contribution is -0.201. The van der Waals surface area contributed by atoms with Crippen molar-refractivity contribution in [1.29, 1.82) is 0 Å². The molecule has 3 nitrogen and oxygen atoms in total. The second-order valence-electron chi connectivity index (χ2n) is 12.9. The number of unbranched alkanes of at least 4 members (excludes halogenated alkanes) is 1. The van der Waals surface area contributed by atoms with Crippen molar-refractivity contribution in [2.75, 3.05) is 26.2 Å². The normalized spacial score (nSPS) is 30.6. The molecule has 0 atom stereocenters. The first-order valence-corrected chi connectivity index (χ1v) is 15.5. The molecule has 0 aromatic heterocycles. The molecule has 0 saturated carbocycles. The first kappa shape index (κ1) is 26.6. The van der Waals surface area contributed by atoms with Crippen molar-refractivity contribution in [1.82, 2.24) is 9.80 Å². The number of hydrogen-bond donors (Lipinski definition) is 1. The molecule has 1 N–H and O–H groups in total. The highest BCUT2D eigenvalue weighted by Crippen LogP contribution is 2.58. The fraction of sp³-hybridized carbons (Fsp3) is 0.368. The Bertz CT molecular complexity index is 1380. The van der Waals surface area contributed by atoms with E-state index in [1.165, 1.54) is 33.4 Å². The molecule has 4 bridgehead atoms. The molecule has 2 fully saturated rings. The van der Waals surface area contributed by atoms with E-state index in [-0.39, 0.29) is 0 Å². The third kappa shape index (κ3) is 4.29. The molecule has 4 aromatic carbocycles. The van der Waals surface area contributed by atoms with Crippen molar-refractivity contribution in [2.24, 2.45) is 0 Å². The molecule has 4 aliphatic rings. The summed E-state index contributed by atoms with van der Waals surface area (Å²) in [5, 5.41) is 13.6. The van der Waals surface area contributed by atoms with Gasteiger partial charge in [0.05, 0.1) is 16.4 Å². The highest BCUT2D eigenvalue weighted by atomic mass is 16.3. The molecule has 2 saturated heterocycles. The minimum Gasteiger partial charge on any atom is -0.388 e. The van der Waals surface area contributed by atoms with E-state index < -0.39 is 16.4 Å². The standard InChI is InChI=1S/C38H42N2O/c1-2-3-22-38(41)36(34-18-6-4-7-19-34)26-39-24-32-16-12-10-14-30(32)23-31-15-11-13-17-33(31)25-40(27-36)29-37(38,28-39)35-20-8-5-9-21-35/h4-21,41H,2-3,22-29H2,1H3. The molecule has 4 aromatic rings. The average molecular weight is 543 g/mol. The van der Waals surface area contributed by atoms with E-state index in [4.69, 9.17) is 0 Å². The van der Waals surface area contributed by atoms with Crippen LogP contribution in [-0.4, -0.2) is 46.7 Å². The van der Waals surface area contributed by atoms with E-state index in [0.717, 1.165) is 65.0 Å². The second-order valence-corrected chi connectivity index (χ2v) is 12.9. The molecule has 210 valence electrons. The maximum atomic E-state index is 13.6. The number of nitrogens with zero attached hydrogens (tertiary/aromatic N) is 2. The summed E-state index contributed by atoms with van der Waals surface area (Å²) in [7, 11) is 0. The highest BCUT2D eigenvalue weighted by molar-refractivity contribution is 5.46. The average Bonchev–Trinajstić information content (AvgIpc) is 2.99. The molecule has 3 heteroatoms. The summed E-state index contributed by atoms with van der Waals surface area (Å²) in [6.07, 6.45) is 3.86. The van der Waals surface area contributed by atoms with Crippen molar-refractivity contribution in [3.63, 3.8) is 0 Å². The van der Waals surface area contributed by atoms with Gasteiger partial charge < -0.3 is 5.11 Å². The van der Waals surface area contributed by atoms with Crippen molar-refractivity contribution in [3.8, 4) is 0 Å². The summed E-state index contributed by atoms with van der Waals surface area (Å²) in [5.41, 5.74) is 6.43. The zero-order valence-corrected chi connectivity index (χ0v) is 24.3. The molecule has 0 radical (unpaired) electrons. The van der Waals surface area contributed by atoms with Crippen molar-refractivity contribution in [3.05, 3.63) is 143 Å². The van der Waals surface area contributed by atoms with Crippen LogP contribution in [0.1, 0.15) is 59.6 Å². The predicted molar refractivity (Wildman–Crippen MR) is 167 cm³/mol. The zero-order chi connectivity index (χ0) is 27.9. The lowest BCUT2D eigenvalue weighted by Gasteiger charge is -2.69. The minimum atomic E-state index is -0.880. The Hall–Kier alpha value is -3.24. The van der Waals surface area contributed by atoms with Crippen molar-refractivity contribution >= 4 is 0 Å². The van der Waals surface area contributed by atoms with Crippen LogP contribution in [-0.2, 0) is 30.3 Å². The van der Waals surface area contributed by atoms with Gasteiger partial charge in [0.25, 0.3) is 0 Å². The van der Waals surface area contributed by atoms with Crippen LogP contribution in [0.2, 0.25) is 0 Å². The number of benzene rings is 4. The number of rotatable bonds is 5. The summed E-state index contributed by atoms with van der Waals surface area (Å²) < 4.78 is 0. The van der Waals surface area contributed by atoms with Crippen LogP contribution in [0.4, 0.5) is 0 Å². The van der Waals surface area contributed by atoms with Crippen LogP contribution in [0.15, 0.2) is 109 Å². The van der Waals surface area contributed by atoms with Crippen LogP contribution < -0.4 is 0 Å². The van der Waals surface area contributed by atoms with E-state index in [9.17, 15) is 5.11 Å². The minimum absolute atomic E-state index is 0.432. The summed E-state index contributed by atoms with van der Waals surface area (Å²) in [6.45, 7) is 7.43. The van der Waals surface area contributed by atoms with Gasteiger partial charge in [0, 0.05) is 39.3 Å². The van der Waals surface area contributed by atoms with Gasteiger partial charge in [0.15, 0.2) is 0 Å². The molecular weight excluding hydrogens is 500 g/mol. The molecule has 0 aliphatic carbocycles. The molecule has 0 unspecified atom stereocenters. The SMILES string of the molecule is CCCCC1(O)C2(c3ccccc3)CN3Cc4ccccc4Cc4ccccc4CN(C2)CC1(c1ccccc1)C3. The van der Waals surface area contributed by atoms with E-state index in [1.54, 1.807) is 0 Å². The maximum Gasteiger partial charge on any atom is 0.0889 e. The third-order valence-corrected chi connectivity index (χ3v) is 10.5.